The highest BCUT2D eigenvalue weighted by Crippen LogP contribution is 2.85. The second-order valence-corrected chi connectivity index (χ2v) is 8.81. The van der Waals surface area contributed by atoms with Crippen molar-refractivity contribution in [2.45, 2.75) is 24.2 Å². The zero-order valence-electron chi connectivity index (χ0n) is 17.1. The molecule has 6 heterocycles. The van der Waals surface area contributed by atoms with Crippen LogP contribution in [0.5, 0.6) is 0 Å². The van der Waals surface area contributed by atoms with Gasteiger partial charge in [-0.05, 0) is 12.0 Å². The molecular weight excluding hydrogens is 441 g/mol. The largest absolute Gasteiger partial charge is 0.417 e. The van der Waals surface area contributed by atoms with E-state index in [1.54, 1.807) is 11.6 Å². The molecule has 8 rings (SSSR count). The Morgan fingerprint density at radius 1 is 1.24 bits per heavy atom. The monoisotopic (exact) mass is 456 g/mol. The van der Waals surface area contributed by atoms with Gasteiger partial charge in [0.15, 0.2) is 17.0 Å². The Hall–Kier alpha value is -3.77. The predicted molar refractivity (Wildman–Crippen MR) is 105 cm³/mol. The van der Waals surface area contributed by atoms with Gasteiger partial charge in [-0.25, -0.2) is 9.97 Å². The van der Waals surface area contributed by atoms with Crippen LogP contribution in [-0.4, -0.2) is 46.8 Å². The van der Waals surface area contributed by atoms with Crippen LogP contribution < -0.4 is 10.5 Å². The van der Waals surface area contributed by atoms with E-state index in [-0.39, 0.29) is 35.4 Å². The molecule has 10 nitrogen and oxygen atoms in total. The fraction of sp³-hybridized carbons (Fsp3) is 0.400. The maximum atomic E-state index is 13.1. The summed E-state index contributed by atoms with van der Waals surface area (Å²) in [6.07, 6.45) is 0.763. The maximum Gasteiger partial charge on any atom is 0.417 e. The van der Waals surface area contributed by atoms with Crippen molar-refractivity contribution in [3.63, 3.8) is 0 Å². The molecule has 2 bridgehead atoms. The van der Waals surface area contributed by atoms with E-state index in [4.69, 9.17) is 4.52 Å². The third kappa shape index (κ3) is 2.33. The minimum atomic E-state index is -4.44. The summed E-state index contributed by atoms with van der Waals surface area (Å²) in [7, 11) is 1.72. The molecule has 4 fully saturated rings. The lowest BCUT2D eigenvalue weighted by atomic mass is 10.1. The van der Waals surface area contributed by atoms with E-state index in [0.29, 0.717) is 35.1 Å². The van der Waals surface area contributed by atoms with Crippen molar-refractivity contribution >= 4 is 16.9 Å². The molecule has 33 heavy (non-hydrogen) atoms. The third-order valence-electron chi connectivity index (χ3n) is 7.18. The predicted octanol–water partition coefficient (Wildman–Crippen LogP) is 1.36. The number of piperidine rings is 1. The SMILES string of the molecule is Cn1cnc2ncn(Cc3nc([C@@]45C6[C@H]4[C@H]5CN6c4cncc(C(F)(F)F)c4)no3)c(=O)c21. The van der Waals surface area contributed by atoms with Crippen LogP contribution in [0.3, 0.4) is 0 Å². The highest BCUT2D eigenvalue weighted by molar-refractivity contribution is 5.69. The molecule has 1 unspecified atom stereocenters. The van der Waals surface area contributed by atoms with Gasteiger partial charge in [0.25, 0.3) is 5.56 Å². The fourth-order valence-electron chi connectivity index (χ4n) is 5.57. The van der Waals surface area contributed by atoms with E-state index < -0.39 is 11.7 Å². The van der Waals surface area contributed by atoms with E-state index in [9.17, 15) is 18.0 Å². The van der Waals surface area contributed by atoms with Crippen LogP contribution in [0, 0.1) is 11.8 Å². The molecule has 2 saturated carbocycles. The van der Waals surface area contributed by atoms with Gasteiger partial charge in [-0.2, -0.15) is 18.2 Å². The molecule has 0 aromatic carbocycles. The van der Waals surface area contributed by atoms with Crippen molar-refractivity contribution in [2.75, 3.05) is 11.4 Å². The average Bonchev–Trinajstić information content (AvgIpc) is 3.23. The van der Waals surface area contributed by atoms with Gasteiger partial charge in [0.1, 0.15) is 12.9 Å². The molecule has 0 radical (unpaired) electrons. The molecule has 4 aromatic heterocycles. The van der Waals surface area contributed by atoms with Gasteiger partial charge in [-0.1, -0.05) is 5.16 Å². The van der Waals surface area contributed by atoms with E-state index in [0.717, 1.165) is 12.3 Å². The molecule has 2 aliphatic heterocycles. The Balaban J connectivity index is 1.14. The van der Waals surface area contributed by atoms with Crippen LogP contribution in [0.1, 0.15) is 17.3 Å². The van der Waals surface area contributed by atoms with Crippen molar-refractivity contribution in [2.24, 2.45) is 18.9 Å². The lowest BCUT2D eigenvalue weighted by molar-refractivity contribution is -0.137. The third-order valence-corrected chi connectivity index (χ3v) is 7.18. The normalized spacial score (nSPS) is 27.3. The second kappa shape index (κ2) is 5.77. The van der Waals surface area contributed by atoms with Crippen molar-refractivity contribution in [1.82, 2.24) is 34.2 Å². The topological polar surface area (TPSA) is 108 Å². The van der Waals surface area contributed by atoms with Gasteiger partial charge in [-0.15, -0.1) is 0 Å². The molecule has 4 atom stereocenters. The van der Waals surface area contributed by atoms with Gasteiger partial charge >= 0.3 is 6.18 Å². The first kappa shape index (κ1) is 18.8. The first-order chi connectivity index (χ1) is 15.8. The Morgan fingerprint density at radius 3 is 2.85 bits per heavy atom. The molecule has 4 aromatic rings. The Morgan fingerprint density at radius 2 is 2.06 bits per heavy atom. The van der Waals surface area contributed by atoms with Crippen molar-refractivity contribution < 1.29 is 17.7 Å². The average molecular weight is 456 g/mol. The molecule has 0 N–H and O–H groups in total. The molecule has 0 spiro atoms. The number of aromatic nitrogens is 7. The zero-order chi connectivity index (χ0) is 22.7. The summed E-state index contributed by atoms with van der Waals surface area (Å²) in [4.78, 5) is 31.2. The number of imidazole rings is 1. The van der Waals surface area contributed by atoms with E-state index in [2.05, 4.69) is 25.1 Å². The number of hydrogen-bond donors (Lipinski definition) is 0. The van der Waals surface area contributed by atoms with Crippen LogP contribution in [0.4, 0.5) is 18.9 Å². The van der Waals surface area contributed by atoms with Crippen molar-refractivity contribution in [1.29, 1.82) is 0 Å². The van der Waals surface area contributed by atoms with Gasteiger partial charge in [-0.3, -0.25) is 14.3 Å². The molecular formula is C20H15F3N8O2. The number of alkyl halides is 3. The van der Waals surface area contributed by atoms with E-state index in [1.807, 2.05) is 4.90 Å². The zero-order valence-corrected chi connectivity index (χ0v) is 17.1. The summed E-state index contributed by atoms with van der Waals surface area (Å²) < 4.78 is 47.7. The maximum absolute atomic E-state index is 13.1. The quantitative estimate of drug-likeness (QED) is 0.453. The minimum Gasteiger partial charge on any atom is -0.366 e. The molecule has 4 aliphatic rings. The smallest absolute Gasteiger partial charge is 0.366 e. The number of fused-ring (bicyclic) bond motifs is 2. The summed E-state index contributed by atoms with van der Waals surface area (Å²) in [5, 5.41) is 4.15. The highest BCUT2D eigenvalue weighted by Gasteiger charge is 2.95. The fourth-order valence-corrected chi connectivity index (χ4v) is 5.57. The number of anilines is 1. The summed E-state index contributed by atoms with van der Waals surface area (Å²) in [6.45, 7) is 0.694. The minimum absolute atomic E-state index is 0.0356. The Kier molecular flexibility index (Phi) is 3.28. The standard InChI is InChI=1S/C20H15F3N8O2/c1-29-7-25-16-14(29)17(32)30(8-26-16)6-12-27-18(28-33-12)19-11-5-31(15(19)13(11)19)10-2-9(3-24-4-10)20(21,22)23/h2-4,7-8,11,13,15H,5-6H2,1H3/t11-,13-,15?,19-/m1/s1. The highest BCUT2D eigenvalue weighted by atomic mass is 19.4. The van der Waals surface area contributed by atoms with Crippen LogP contribution in [-0.2, 0) is 25.2 Å². The first-order valence-electron chi connectivity index (χ1n) is 10.3. The van der Waals surface area contributed by atoms with Crippen molar-refractivity contribution in [3.05, 3.63) is 58.7 Å². The van der Waals surface area contributed by atoms with Gasteiger partial charge < -0.3 is 14.0 Å². The van der Waals surface area contributed by atoms with Crippen LogP contribution in [0.2, 0.25) is 0 Å². The number of hydrogen-bond acceptors (Lipinski definition) is 8. The van der Waals surface area contributed by atoms with Crippen LogP contribution in [0.15, 0.2) is 40.4 Å². The summed E-state index contributed by atoms with van der Waals surface area (Å²) in [5.41, 5.74) is -0.124. The van der Waals surface area contributed by atoms with Gasteiger partial charge in [0.2, 0.25) is 5.89 Å². The molecule has 0 amide bonds. The summed E-state index contributed by atoms with van der Waals surface area (Å²) >= 11 is 0. The number of nitrogens with zero attached hydrogens (tertiary/aromatic N) is 8. The number of rotatable bonds is 4. The Labute approximate surface area is 182 Å². The van der Waals surface area contributed by atoms with Crippen LogP contribution >= 0.6 is 0 Å². The van der Waals surface area contributed by atoms with E-state index >= 15 is 0 Å². The van der Waals surface area contributed by atoms with Gasteiger partial charge in [0.05, 0.1) is 29.2 Å². The summed E-state index contributed by atoms with van der Waals surface area (Å²) in [5.74, 6) is 1.39. The molecule has 2 saturated heterocycles. The number of aryl methyl sites for hydroxylation is 1. The van der Waals surface area contributed by atoms with E-state index in [1.165, 1.54) is 23.4 Å². The second-order valence-electron chi connectivity index (χ2n) is 8.81. The number of pyridine rings is 1. The lowest BCUT2D eigenvalue weighted by Gasteiger charge is -2.19. The van der Waals surface area contributed by atoms with Crippen molar-refractivity contribution in [3.8, 4) is 0 Å². The first-order valence-corrected chi connectivity index (χ1v) is 10.3. The van der Waals surface area contributed by atoms with Crippen LogP contribution in [0.25, 0.3) is 11.2 Å². The number of halogens is 3. The molecule has 2 aliphatic carbocycles. The molecule has 13 heteroatoms. The molecule has 168 valence electrons. The summed E-state index contributed by atoms with van der Waals surface area (Å²) in [6, 6.07) is 1.17. The van der Waals surface area contributed by atoms with Gasteiger partial charge in [0, 0.05) is 31.7 Å². The lowest BCUT2D eigenvalue weighted by Crippen LogP contribution is -2.24. The Bertz CT molecular complexity index is 1500.